The molecule has 0 radical (unpaired) electrons. The normalized spacial score (nSPS) is 15.3. The third-order valence-corrected chi connectivity index (χ3v) is 3.02. The van der Waals surface area contributed by atoms with Crippen LogP contribution in [0.5, 0.6) is 0 Å². The standard InChI is InChI=1S/C11H15IO/c1-9(12)10(2)13-8-11-6-4-3-5-7-11/h3-7,9-10H,8H2,1-2H3. The molecule has 2 unspecified atom stereocenters. The SMILES string of the molecule is CC(I)C(C)OCc1ccccc1. The van der Waals surface area contributed by atoms with Gasteiger partial charge in [-0.1, -0.05) is 59.8 Å². The zero-order valence-corrected chi connectivity index (χ0v) is 10.2. The molecule has 0 N–H and O–H groups in total. The summed E-state index contributed by atoms with van der Waals surface area (Å²) in [5.74, 6) is 0. The monoisotopic (exact) mass is 290 g/mol. The second-order valence-electron chi connectivity index (χ2n) is 3.18. The molecule has 0 fully saturated rings. The van der Waals surface area contributed by atoms with E-state index in [1.54, 1.807) is 0 Å². The number of hydrogen-bond acceptors (Lipinski definition) is 1. The van der Waals surface area contributed by atoms with Crippen LogP contribution >= 0.6 is 22.6 Å². The first-order chi connectivity index (χ1) is 6.20. The quantitative estimate of drug-likeness (QED) is 0.610. The molecule has 13 heavy (non-hydrogen) atoms. The Hall–Kier alpha value is -0.0900. The van der Waals surface area contributed by atoms with Crippen molar-refractivity contribution in [2.24, 2.45) is 0 Å². The van der Waals surface area contributed by atoms with Crippen LogP contribution in [0.4, 0.5) is 0 Å². The molecule has 0 amide bonds. The minimum atomic E-state index is 0.320. The predicted octanol–water partition coefficient (Wildman–Crippen LogP) is 3.42. The van der Waals surface area contributed by atoms with Gasteiger partial charge in [0.05, 0.1) is 12.7 Å². The summed E-state index contributed by atoms with van der Waals surface area (Å²) >= 11 is 2.39. The molecular weight excluding hydrogens is 275 g/mol. The molecule has 0 aliphatic carbocycles. The van der Waals surface area contributed by atoms with Gasteiger partial charge in [0, 0.05) is 3.92 Å². The van der Waals surface area contributed by atoms with Gasteiger partial charge < -0.3 is 4.74 Å². The molecule has 0 aromatic heterocycles. The molecule has 1 rings (SSSR count). The van der Waals surface area contributed by atoms with Crippen molar-refractivity contribution in [1.82, 2.24) is 0 Å². The molecule has 0 spiro atoms. The molecule has 2 atom stereocenters. The van der Waals surface area contributed by atoms with Crippen molar-refractivity contribution in [2.45, 2.75) is 30.5 Å². The fourth-order valence-corrected chi connectivity index (χ4v) is 1.14. The van der Waals surface area contributed by atoms with Gasteiger partial charge >= 0.3 is 0 Å². The van der Waals surface area contributed by atoms with Crippen LogP contribution in [-0.4, -0.2) is 10.0 Å². The van der Waals surface area contributed by atoms with Crippen LogP contribution in [0.2, 0.25) is 0 Å². The fourth-order valence-electron chi connectivity index (χ4n) is 0.935. The minimum absolute atomic E-state index is 0.320. The van der Waals surface area contributed by atoms with Gasteiger partial charge in [-0.25, -0.2) is 0 Å². The number of alkyl halides is 1. The number of ether oxygens (including phenoxy) is 1. The van der Waals surface area contributed by atoms with E-state index in [9.17, 15) is 0 Å². The van der Waals surface area contributed by atoms with Crippen molar-refractivity contribution in [3.8, 4) is 0 Å². The van der Waals surface area contributed by atoms with Gasteiger partial charge in [-0.05, 0) is 12.5 Å². The molecule has 1 aromatic carbocycles. The van der Waals surface area contributed by atoms with E-state index in [0.29, 0.717) is 10.0 Å². The summed E-state index contributed by atoms with van der Waals surface area (Å²) in [5.41, 5.74) is 1.24. The lowest BCUT2D eigenvalue weighted by Gasteiger charge is -2.15. The van der Waals surface area contributed by atoms with Crippen molar-refractivity contribution in [2.75, 3.05) is 0 Å². The summed E-state index contributed by atoms with van der Waals surface area (Å²) in [4.78, 5) is 0. The van der Waals surface area contributed by atoms with Crippen LogP contribution in [0, 0.1) is 0 Å². The molecule has 0 aliphatic heterocycles. The van der Waals surface area contributed by atoms with Gasteiger partial charge in [0.2, 0.25) is 0 Å². The summed E-state index contributed by atoms with van der Waals surface area (Å²) in [5, 5.41) is 0. The van der Waals surface area contributed by atoms with Crippen molar-refractivity contribution in [3.63, 3.8) is 0 Å². The maximum Gasteiger partial charge on any atom is 0.0721 e. The summed E-state index contributed by atoms with van der Waals surface area (Å²) in [7, 11) is 0. The Bertz CT molecular complexity index is 233. The maximum absolute atomic E-state index is 5.68. The topological polar surface area (TPSA) is 9.23 Å². The van der Waals surface area contributed by atoms with Crippen molar-refractivity contribution in [3.05, 3.63) is 35.9 Å². The summed E-state index contributed by atoms with van der Waals surface area (Å²) in [6.45, 7) is 4.99. The third-order valence-electron chi connectivity index (χ3n) is 2.00. The Labute approximate surface area is 93.6 Å². The summed E-state index contributed by atoms with van der Waals surface area (Å²) < 4.78 is 6.24. The number of benzene rings is 1. The van der Waals surface area contributed by atoms with E-state index >= 15 is 0 Å². The number of rotatable bonds is 4. The molecule has 2 heteroatoms. The van der Waals surface area contributed by atoms with E-state index in [-0.39, 0.29) is 0 Å². The Balaban J connectivity index is 2.35. The molecule has 0 bridgehead atoms. The first-order valence-corrected chi connectivity index (χ1v) is 5.74. The molecular formula is C11H15IO. The van der Waals surface area contributed by atoms with Crippen LogP contribution in [0.3, 0.4) is 0 Å². The Morgan fingerprint density at radius 1 is 1.23 bits per heavy atom. The van der Waals surface area contributed by atoms with E-state index in [4.69, 9.17) is 4.74 Å². The van der Waals surface area contributed by atoms with Crippen molar-refractivity contribution >= 4 is 22.6 Å². The van der Waals surface area contributed by atoms with Crippen LogP contribution in [0.15, 0.2) is 30.3 Å². The van der Waals surface area contributed by atoms with Gasteiger partial charge in [0.15, 0.2) is 0 Å². The highest BCUT2D eigenvalue weighted by Gasteiger charge is 2.07. The van der Waals surface area contributed by atoms with E-state index in [2.05, 4.69) is 48.6 Å². The van der Waals surface area contributed by atoms with E-state index in [1.165, 1.54) is 5.56 Å². The highest BCUT2D eigenvalue weighted by atomic mass is 127. The predicted molar refractivity (Wildman–Crippen MR) is 64.2 cm³/mol. The largest absolute Gasteiger partial charge is 0.373 e. The van der Waals surface area contributed by atoms with Gasteiger partial charge in [0.1, 0.15) is 0 Å². The van der Waals surface area contributed by atoms with Crippen LogP contribution in [0.25, 0.3) is 0 Å². The second kappa shape index (κ2) is 5.60. The molecule has 72 valence electrons. The van der Waals surface area contributed by atoms with Gasteiger partial charge in [-0.3, -0.25) is 0 Å². The highest BCUT2D eigenvalue weighted by molar-refractivity contribution is 14.1. The van der Waals surface area contributed by atoms with Crippen LogP contribution < -0.4 is 0 Å². The Kier molecular flexibility index (Phi) is 4.73. The van der Waals surface area contributed by atoms with Crippen LogP contribution in [-0.2, 0) is 11.3 Å². The third kappa shape index (κ3) is 4.09. The molecule has 0 saturated heterocycles. The van der Waals surface area contributed by atoms with Gasteiger partial charge in [-0.15, -0.1) is 0 Å². The molecule has 0 saturated carbocycles. The van der Waals surface area contributed by atoms with E-state index in [0.717, 1.165) is 6.61 Å². The van der Waals surface area contributed by atoms with Crippen molar-refractivity contribution in [1.29, 1.82) is 0 Å². The first kappa shape index (κ1) is 11.0. The zero-order valence-electron chi connectivity index (χ0n) is 8.03. The first-order valence-electron chi connectivity index (χ1n) is 4.49. The summed E-state index contributed by atoms with van der Waals surface area (Å²) in [6, 6.07) is 10.3. The van der Waals surface area contributed by atoms with Crippen molar-refractivity contribution < 1.29 is 4.74 Å². The molecule has 0 heterocycles. The average Bonchev–Trinajstić information content (AvgIpc) is 2.15. The lowest BCUT2D eigenvalue weighted by molar-refractivity contribution is 0.0572. The van der Waals surface area contributed by atoms with Crippen LogP contribution in [0.1, 0.15) is 19.4 Å². The minimum Gasteiger partial charge on any atom is -0.373 e. The second-order valence-corrected chi connectivity index (χ2v) is 5.14. The smallest absolute Gasteiger partial charge is 0.0721 e. The molecule has 1 nitrogen and oxygen atoms in total. The fraction of sp³-hybridized carbons (Fsp3) is 0.455. The lowest BCUT2D eigenvalue weighted by atomic mass is 10.2. The highest BCUT2D eigenvalue weighted by Crippen LogP contribution is 2.11. The Morgan fingerprint density at radius 2 is 1.85 bits per heavy atom. The maximum atomic E-state index is 5.68. The van der Waals surface area contributed by atoms with E-state index in [1.807, 2.05) is 18.2 Å². The Morgan fingerprint density at radius 3 is 2.38 bits per heavy atom. The van der Waals surface area contributed by atoms with Gasteiger partial charge in [-0.2, -0.15) is 0 Å². The molecule has 0 aliphatic rings. The lowest BCUT2D eigenvalue weighted by Crippen LogP contribution is -2.17. The number of halogens is 1. The van der Waals surface area contributed by atoms with Gasteiger partial charge in [0.25, 0.3) is 0 Å². The zero-order chi connectivity index (χ0) is 9.68. The number of hydrogen-bond donors (Lipinski definition) is 0. The average molecular weight is 290 g/mol. The molecule has 1 aromatic rings. The summed E-state index contributed by atoms with van der Waals surface area (Å²) in [6.07, 6.45) is 0.320. The van der Waals surface area contributed by atoms with E-state index < -0.39 is 0 Å².